The Morgan fingerprint density at radius 3 is 2.43 bits per heavy atom. The number of hydrogen-bond donors (Lipinski definition) is 1. The molecule has 1 amide bonds. The van der Waals surface area contributed by atoms with E-state index >= 15 is 0 Å². The number of aromatic nitrogens is 2. The van der Waals surface area contributed by atoms with Crippen LogP contribution in [0.15, 0.2) is 83.7 Å². The van der Waals surface area contributed by atoms with Crippen LogP contribution in [0, 0.1) is 0 Å². The van der Waals surface area contributed by atoms with Gasteiger partial charge >= 0.3 is 0 Å². The van der Waals surface area contributed by atoms with Crippen molar-refractivity contribution in [2.24, 2.45) is 0 Å². The normalized spacial score (nSPS) is 15.4. The Balaban J connectivity index is 1.71. The zero-order chi connectivity index (χ0) is 19.1. The van der Waals surface area contributed by atoms with Crippen molar-refractivity contribution < 1.29 is 4.79 Å². The largest absolute Gasteiger partial charge is 0.325 e. The fraction of sp³-hybridized carbons (Fsp3) is 0.0870. The van der Waals surface area contributed by atoms with Crippen LogP contribution in [0.25, 0.3) is 16.6 Å². The molecule has 5 heteroatoms. The summed E-state index contributed by atoms with van der Waals surface area (Å²) in [7, 11) is 0. The number of para-hydroxylation sites is 3. The number of hydrogen-bond acceptors (Lipinski definition) is 3. The van der Waals surface area contributed by atoms with Gasteiger partial charge in [-0.1, -0.05) is 48.5 Å². The van der Waals surface area contributed by atoms with E-state index in [1.165, 1.54) is 0 Å². The Morgan fingerprint density at radius 2 is 1.57 bits per heavy atom. The van der Waals surface area contributed by atoms with E-state index in [9.17, 15) is 9.59 Å². The minimum atomic E-state index is -0.376. The molecule has 0 aliphatic carbocycles. The van der Waals surface area contributed by atoms with Gasteiger partial charge in [-0.05, 0) is 35.9 Å². The lowest BCUT2D eigenvalue weighted by atomic mass is 9.96. The lowest BCUT2D eigenvalue weighted by Crippen LogP contribution is -2.26. The van der Waals surface area contributed by atoms with E-state index in [0.29, 0.717) is 23.1 Å². The van der Waals surface area contributed by atoms with Crippen molar-refractivity contribution in [3.05, 3.63) is 101 Å². The van der Waals surface area contributed by atoms with E-state index in [2.05, 4.69) is 5.32 Å². The number of carbonyl (C=O) groups is 1. The third-order valence-electron chi connectivity index (χ3n) is 5.16. The Kier molecular flexibility index (Phi) is 3.79. The topological polar surface area (TPSA) is 64.0 Å². The van der Waals surface area contributed by atoms with E-state index in [0.717, 1.165) is 16.9 Å². The summed E-state index contributed by atoms with van der Waals surface area (Å²) in [5.74, 6) is 0.134. The van der Waals surface area contributed by atoms with Gasteiger partial charge in [0.1, 0.15) is 5.82 Å². The number of rotatable bonds is 3. The number of anilines is 1. The SMILES string of the molecule is O=C1Nc2ccccc2[C@H]1Cc1nc2ccccc2c(=O)n1-c1ccccc1. The van der Waals surface area contributed by atoms with E-state index in [1.54, 1.807) is 10.6 Å². The molecule has 0 saturated carbocycles. The molecule has 136 valence electrons. The number of fused-ring (bicyclic) bond motifs is 2. The average Bonchev–Trinajstić information content (AvgIpc) is 3.04. The molecule has 0 bridgehead atoms. The van der Waals surface area contributed by atoms with Crippen molar-refractivity contribution >= 4 is 22.5 Å². The van der Waals surface area contributed by atoms with Crippen LogP contribution >= 0.6 is 0 Å². The van der Waals surface area contributed by atoms with Crippen molar-refractivity contribution in [2.45, 2.75) is 12.3 Å². The molecule has 1 N–H and O–H groups in total. The molecule has 1 aliphatic heterocycles. The maximum absolute atomic E-state index is 13.3. The van der Waals surface area contributed by atoms with Gasteiger partial charge < -0.3 is 5.32 Å². The van der Waals surface area contributed by atoms with Gasteiger partial charge in [-0.15, -0.1) is 0 Å². The van der Waals surface area contributed by atoms with Crippen molar-refractivity contribution in [3.63, 3.8) is 0 Å². The fourth-order valence-electron chi connectivity index (χ4n) is 3.82. The molecule has 1 aliphatic rings. The predicted octanol–water partition coefficient (Wildman–Crippen LogP) is 3.66. The summed E-state index contributed by atoms with van der Waals surface area (Å²) in [6.07, 6.45) is 0.345. The predicted molar refractivity (Wildman–Crippen MR) is 109 cm³/mol. The molecular formula is C23H17N3O2. The lowest BCUT2D eigenvalue weighted by Gasteiger charge is -2.16. The van der Waals surface area contributed by atoms with Gasteiger partial charge in [0.2, 0.25) is 5.91 Å². The first-order valence-electron chi connectivity index (χ1n) is 9.18. The van der Waals surface area contributed by atoms with Crippen LogP contribution in [0.5, 0.6) is 0 Å². The summed E-state index contributed by atoms with van der Waals surface area (Å²) in [5.41, 5.74) is 3.02. The molecule has 2 heterocycles. The van der Waals surface area contributed by atoms with Gasteiger partial charge in [0.25, 0.3) is 5.56 Å². The van der Waals surface area contributed by atoms with Crippen molar-refractivity contribution in [1.82, 2.24) is 9.55 Å². The Morgan fingerprint density at radius 1 is 0.857 bits per heavy atom. The van der Waals surface area contributed by atoms with Crippen LogP contribution < -0.4 is 10.9 Å². The Bertz CT molecular complexity index is 1260. The van der Waals surface area contributed by atoms with Gasteiger partial charge in [-0.3, -0.25) is 14.2 Å². The molecule has 1 atom stereocenters. The van der Waals surface area contributed by atoms with Crippen LogP contribution in [-0.2, 0) is 11.2 Å². The molecule has 0 radical (unpaired) electrons. The third-order valence-corrected chi connectivity index (χ3v) is 5.16. The smallest absolute Gasteiger partial charge is 0.265 e. The maximum Gasteiger partial charge on any atom is 0.265 e. The first kappa shape index (κ1) is 16.4. The van der Waals surface area contributed by atoms with Crippen LogP contribution in [0.2, 0.25) is 0 Å². The Labute approximate surface area is 161 Å². The van der Waals surface area contributed by atoms with Crippen LogP contribution in [0.1, 0.15) is 17.3 Å². The molecule has 1 aromatic heterocycles. The van der Waals surface area contributed by atoms with Gasteiger partial charge in [0.05, 0.1) is 22.5 Å². The monoisotopic (exact) mass is 367 g/mol. The summed E-state index contributed by atoms with van der Waals surface area (Å²) in [6.45, 7) is 0. The fourth-order valence-corrected chi connectivity index (χ4v) is 3.82. The van der Waals surface area contributed by atoms with E-state index in [1.807, 2.05) is 72.8 Å². The molecule has 3 aromatic carbocycles. The second-order valence-corrected chi connectivity index (χ2v) is 6.85. The molecule has 0 spiro atoms. The first-order chi connectivity index (χ1) is 13.7. The maximum atomic E-state index is 13.3. The van der Waals surface area contributed by atoms with Gasteiger partial charge in [0.15, 0.2) is 0 Å². The second kappa shape index (κ2) is 6.46. The summed E-state index contributed by atoms with van der Waals surface area (Å²) in [5, 5.41) is 3.49. The minimum Gasteiger partial charge on any atom is -0.325 e. The van der Waals surface area contributed by atoms with Crippen molar-refractivity contribution in [3.8, 4) is 5.69 Å². The standard InChI is InChI=1S/C23H17N3O2/c27-22-18(16-10-4-6-12-19(16)25-22)14-21-24-20-13-7-5-11-17(20)23(28)26(21)15-8-2-1-3-9-15/h1-13,18H,14H2,(H,25,27)/t18-/m1/s1. The molecule has 28 heavy (non-hydrogen) atoms. The van der Waals surface area contributed by atoms with Crippen LogP contribution in [0.3, 0.4) is 0 Å². The first-order valence-corrected chi connectivity index (χ1v) is 9.18. The summed E-state index contributed by atoms with van der Waals surface area (Å²) < 4.78 is 1.62. The van der Waals surface area contributed by atoms with E-state index < -0.39 is 0 Å². The number of benzene rings is 3. The van der Waals surface area contributed by atoms with Crippen molar-refractivity contribution in [2.75, 3.05) is 5.32 Å². The lowest BCUT2D eigenvalue weighted by molar-refractivity contribution is -0.117. The molecule has 5 rings (SSSR count). The summed E-state index contributed by atoms with van der Waals surface area (Å²) >= 11 is 0. The highest BCUT2D eigenvalue weighted by Gasteiger charge is 2.31. The third kappa shape index (κ3) is 2.60. The summed E-state index contributed by atoms with van der Waals surface area (Å²) in [4.78, 5) is 30.6. The molecule has 0 saturated heterocycles. The summed E-state index contributed by atoms with van der Waals surface area (Å²) in [6, 6.07) is 24.4. The minimum absolute atomic E-state index is 0.0665. The molecule has 0 unspecified atom stereocenters. The number of nitrogens with zero attached hydrogens (tertiary/aromatic N) is 2. The molecule has 0 fully saturated rings. The van der Waals surface area contributed by atoms with E-state index in [-0.39, 0.29) is 17.4 Å². The Hall–Kier alpha value is -3.73. The molecule has 5 nitrogen and oxygen atoms in total. The highest BCUT2D eigenvalue weighted by Crippen LogP contribution is 2.34. The molecule has 4 aromatic rings. The van der Waals surface area contributed by atoms with E-state index in [4.69, 9.17) is 4.98 Å². The van der Waals surface area contributed by atoms with Crippen LogP contribution in [-0.4, -0.2) is 15.5 Å². The highest BCUT2D eigenvalue weighted by molar-refractivity contribution is 6.03. The number of amides is 1. The van der Waals surface area contributed by atoms with Crippen LogP contribution in [0.4, 0.5) is 5.69 Å². The van der Waals surface area contributed by atoms with Crippen molar-refractivity contribution in [1.29, 1.82) is 0 Å². The van der Waals surface area contributed by atoms with Gasteiger partial charge in [-0.2, -0.15) is 0 Å². The highest BCUT2D eigenvalue weighted by atomic mass is 16.2. The number of nitrogens with one attached hydrogen (secondary N) is 1. The number of carbonyl (C=O) groups excluding carboxylic acids is 1. The second-order valence-electron chi connectivity index (χ2n) is 6.85. The molecular weight excluding hydrogens is 350 g/mol. The quantitative estimate of drug-likeness (QED) is 0.601. The zero-order valence-electron chi connectivity index (χ0n) is 15.0. The average molecular weight is 367 g/mol. The van der Waals surface area contributed by atoms with Gasteiger partial charge in [-0.25, -0.2) is 4.98 Å². The van der Waals surface area contributed by atoms with Gasteiger partial charge in [0, 0.05) is 12.1 Å². The zero-order valence-corrected chi connectivity index (χ0v) is 15.0.